The van der Waals surface area contributed by atoms with Gasteiger partial charge in [0.15, 0.2) is 0 Å². The van der Waals surface area contributed by atoms with Gasteiger partial charge in [-0.2, -0.15) is 0 Å². The van der Waals surface area contributed by atoms with E-state index >= 15 is 0 Å². The predicted molar refractivity (Wildman–Crippen MR) is 64.2 cm³/mol. The van der Waals surface area contributed by atoms with Gasteiger partial charge >= 0.3 is 0 Å². The Morgan fingerprint density at radius 1 is 1.47 bits per heavy atom. The summed E-state index contributed by atoms with van der Waals surface area (Å²) in [5.41, 5.74) is 0. The summed E-state index contributed by atoms with van der Waals surface area (Å²) in [5.74, 6) is 1.05. The van der Waals surface area contributed by atoms with Gasteiger partial charge in [0.2, 0.25) is 0 Å². The third kappa shape index (κ3) is 2.49. The van der Waals surface area contributed by atoms with Crippen LogP contribution in [-0.2, 0) is 4.74 Å². The summed E-state index contributed by atoms with van der Waals surface area (Å²) >= 11 is 3.53. The standard InChI is InChI=1S/C11H15BrN2O/c1-15-9-4-7-14(8-5-9)11-10(12)3-2-6-13-11/h2-3,6,9H,4-5,7-8H2,1H3. The lowest BCUT2D eigenvalue weighted by atomic mass is 10.1. The van der Waals surface area contributed by atoms with Crippen LogP contribution in [0.4, 0.5) is 5.82 Å². The van der Waals surface area contributed by atoms with Gasteiger partial charge in [-0.1, -0.05) is 0 Å². The molecule has 0 aliphatic carbocycles. The van der Waals surface area contributed by atoms with E-state index in [2.05, 4.69) is 25.8 Å². The minimum absolute atomic E-state index is 0.420. The SMILES string of the molecule is COC1CCN(c2ncccc2Br)CC1. The van der Waals surface area contributed by atoms with Crippen LogP contribution in [0.25, 0.3) is 0 Å². The summed E-state index contributed by atoms with van der Waals surface area (Å²) in [6.07, 6.45) is 4.42. The van der Waals surface area contributed by atoms with Crippen LogP contribution in [0.3, 0.4) is 0 Å². The first-order valence-corrected chi connectivity index (χ1v) is 5.99. The molecule has 1 aromatic rings. The van der Waals surface area contributed by atoms with Crippen molar-refractivity contribution in [1.29, 1.82) is 0 Å². The topological polar surface area (TPSA) is 25.4 Å². The lowest BCUT2D eigenvalue weighted by Gasteiger charge is -2.32. The summed E-state index contributed by atoms with van der Waals surface area (Å²) in [7, 11) is 1.79. The second kappa shape index (κ2) is 4.94. The Morgan fingerprint density at radius 2 is 2.20 bits per heavy atom. The molecule has 0 saturated carbocycles. The molecule has 1 aromatic heterocycles. The second-order valence-corrected chi connectivity index (χ2v) is 4.59. The average molecular weight is 271 g/mol. The van der Waals surface area contributed by atoms with Crippen molar-refractivity contribution < 1.29 is 4.74 Å². The first-order valence-electron chi connectivity index (χ1n) is 5.19. The Bertz CT molecular complexity index is 324. The lowest BCUT2D eigenvalue weighted by molar-refractivity contribution is 0.0818. The van der Waals surface area contributed by atoms with Crippen molar-refractivity contribution in [1.82, 2.24) is 4.98 Å². The number of piperidine rings is 1. The Balaban J connectivity index is 2.04. The Labute approximate surface area is 98.6 Å². The van der Waals surface area contributed by atoms with E-state index in [4.69, 9.17) is 4.74 Å². The van der Waals surface area contributed by atoms with Gasteiger partial charge in [-0.25, -0.2) is 4.98 Å². The van der Waals surface area contributed by atoms with Gasteiger partial charge in [0.1, 0.15) is 5.82 Å². The van der Waals surface area contributed by atoms with Crippen LogP contribution in [0.5, 0.6) is 0 Å². The van der Waals surface area contributed by atoms with Crippen LogP contribution in [0.15, 0.2) is 22.8 Å². The van der Waals surface area contributed by atoms with E-state index in [0.717, 1.165) is 36.2 Å². The van der Waals surface area contributed by atoms with Crippen LogP contribution in [0, 0.1) is 0 Å². The summed E-state index contributed by atoms with van der Waals surface area (Å²) in [6.45, 7) is 2.04. The number of hydrogen-bond acceptors (Lipinski definition) is 3. The van der Waals surface area contributed by atoms with Crippen molar-refractivity contribution in [2.75, 3.05) is 25.1 Å². The van der Waals surface area contributed by atoms with Gasteiger partial charge in [0.05, 0.1) is 10.6 Å². The molecule has 0 bridgehead atoms. The van der Waals surface area contributed by atoms with Gasteiger partial charge in [-0.3, -0.25) is 0 Å². The van der Waals surface area contributed by atoms with E-state index in [1.807, 2.05) is 18.3 Å². The number of halogens is 1. The molecule has 0 N–H and O–H groups in total. The number of anilines is 1. The molecule has 0 unspecified atom stereocenters. The highest BCUT2D eigenvalue weighted by molar-refractivity contribution is 9.10. The van der Waals surface area contributed by atoms with Crippen LogP contribution in [-0.4, -0.2) is 31.3 Å². The molecule has 15 heavy (non-hydrogen) atoms. The van der Waals surface area contributed by atoms with E-state index in [-0.39, 0.29) is 0 Å². The number of aromatic nitrogens is 1. The maximum absolute atomic E-state index is 5.35. The number of ether oxygens (including phenoxy) is 1. The number of rotatable bonds is 2. The molecule has 82 valence electrons. The minimum Gasteiger partial charge on any atom is -0.381 e. The molecule has 0 radical (unpaired) electrons. The first-order chi connectivity index (χ1) is 7.31. The summed E-state index contributed by atoms with van der Waals surface area (Å²) in [6, 6.07) is 3.97. The Kier molecular flexibility index (Phi) is 3.59. The molecular weight excluding hydrogens is 256 g/mol. The molecule has 1 aliphatic rings. The maximum atomic E-state index is 5.35. The monoisotopic (exact) mass is 270 g/mol. The Hall–Kier alpha value is -0.610. The van der Waals surface area contributed by atoms with E-state index in [1.165, 1.54) is 0 Å². The van der Waals surface area contributed by atoms with E-state index in [9.17, 15) is 0 Å². The Morgan fingerprint density at radius 3 is 2.80 bits per heavy atom. The third-order valence-electron chi connectivity index (χ3n) is 2.81. The minimum atomic E-state index is 0.420. The van der Waals surface area contributed by atoms with Crippen molar-refractivity contribution in [2.24, 2.45) is 0 Å². The molecule has 0 aromatic carbocycles. The highest BCUT2D eigenvalue weighted by Crippen LogP contribution is 2.26. The average Bonchev–Trinajstić information content (AvgIpc) is 2.30. The molecule has 1 saturated heterocycles. The molecule has 2 rings (SSSR count). The fraction of sp³-hybridized carbons (Fsp3) is 0.545. The predicted octanol–water partition coefficient (Wildman–Crippen LogP) is 2.46. The first kappa shape index (κ1) is 10.9. The van der Waals surface area contributed by atoms with Gasteiger partial charge in [-0.15, -0.1) is 0 Å². The smallest absolute Gasteiger partial charge is 0.142 e. The molecule has 1 aliphatic heterocycles. The summed E-state index contributed by atoms with van der Waals surface area (Å²) in [5, 5.41) is 0. The molecule has 0 atom stereocenters. The normalized spacial score (nSPS) is 18.1. The van der Waals surface area contributed by atoms with Crippen LogP contribution >= 0.6 is 15.9 Å². The van der Waals surface area contributed by atoms with Crippen LogP contribution in [0.1, 0.15) is 12.8 Å². The van der Waals surface area contributed by atoms with Crippen molar-refractivity contribution >= 4 is 21.7 Å². The van der Waals surface area contributed by atoms with Crippen molar-refractivity contribution in [3.8, 4) is 0 Å². The van der Waals surface area contributed by atoms with Crippen LogP contribution in [0.2, 0.25) is 0 Å². The fourth-order valence-corrected chi connectivity index (χ4v) is 2.42. The zero-order chi connectivity index (χ0) is 10.7. The number of hydrogen-bond donors (Lipinski definition) is 0. The largest absolute Gasteiger partial charge is 0.381 e. The number of pyridine rings is 1. The summed E-state index contributed by atoms with van der Waals surface area (Å²) < 4.78 is 6.42. The highest BCUT2D eigenvalue weighted by Gasteiger charge is 2.20. The fourth-order valence-electron chi connectivity index (χ4n) is 1.91. The van der Waals surface area contributed by atoms with E-state index < -0.39 is 0 Å². The summed E-state index contributed by atoms with van der Waals surface area (Å²) in [4.78, 5) is 6.70. The van der Waals surface area contributed by atoms with Crippen molar-refractivity contribution in [2.45, 2.75) is 18.9 Å². The molecule has 4 heteroatoms. The molecule has 3 nitrogen and oxygen atoms in total. The van der Waals surface area contributed by atoms with Gasteiger partial charge < -0.3 is 9.64 Å². The molecule has 0 spiro atoms. The molecule has 2 heterocycles. The molecule has 0 amide bonds. The number of nitrogens with zero attached hydrogens (tertiary/aromatic N) is 2. The number of methoxy groups -OCH3 is 1. The molecular formula is C11H15BrN2O. The van der Waals surface area contributed by atoms with E-state index in [0.29, 0.717) is 6.10 Å². The highest BCUT2D eigenvalue weighted by atomic mass is 79.9. The van der Waals surface area contributed by atoms with Gasteiger partial charge in [0.25, 0.3) is 0 Å². The lowest BCUT2D eigenvalue weighted by Crippen LogP contribution is -2.37. The molecule has 1 fully saturated rings. The van der Waals surface area contributed by atoms with Gasteiger partial charge in [-0.05, 0) is 40.9 Å². The van der Waals surface area contributed by atoms with Crippen molar-refractivity contribution in [3.63, 3.8) is 0 Å². The third-order valence-corrected chi connectivity index (χ3v) is 3.43. The maximum Gasteiger partial charge on any atom is 0.142 e. The second-order valence-electron chi connectivity index (χ2n) is 3.73. The van der Waals surface area contributed by atoms with Crippen LogP contribution < -0.4 is 4.90 Å². The zero-order valence-corrected chi connectivity index (χ0v) is 10.4. The van der Waals surface area contributed by atoms with Gasteiger partial charge in [0, 0.05) is 26.4 Å². The van der Waals surface area contributed by atoms with E-state index in [1.54, 1.807) is 7.11 Å². The zero-order valence-electron chi connectivity index (χ0n) is 8.82. The quantitative estimate of drug-likeness (QED) is 0.826. The van der Waals surface area contributed by atoms with Crippen molar-refractivity contribution in [3.05, 3.63) is 22.8 Å².